The number of sulfonamides is 1. The van der Waals surface area contributed by atoms with Crippen LogP contribution in [0.15, 0.2) is 65.6 Å². The molecule has 0 aliphatic heterocycles. The average Bonchev–Trinajstić information content (AvgIpc) is 2.96. The number of hydrogen-bond donors (Lipinski definition) is 1. The number of nitrogens with one attached hydrogen (secondary N) is 1. The van der Waals surface area contributed by atoms with Gasteiger partial charge >= 0.3 is 0 Å². The Morgan fingerprint density at radius 3 is 2.05 bits per heavy atom. The van der Waals surface area contributed by atoms with E-state index in [1.165, 1.54) is 37.3 Å². The van der Waals surface area contributed by atoms with Crippen LogP contribution in [0, 0.1) is 19.8 Å². The molecule has 3 aromatic rings. The average molecular weight is 630 g/mol. The number of hydrogen-bond acceptors (Lipinski definition) is 6. The fourth-order valence-electron chi connectivity index (χ4n) is 4.55. The van der Waals surface area contributed by atoms with E-state index >= 15 is 0 Å². The lowest BCUT2D eigenvalue weighted by atomic mass is 10.1. The molecule has 2 amide bonds. The topological polar surface area (TPSA) is 105 Å². The first-order chi connectivity index (χ1) is 20.3. The van der Waals surface area contributed by atoms with Crippen molar-refractivity contribution in [3.05, 3.63) is 82.4 Å². The second-order valence-electron chi connectivity index (χ2n) is 10.8. The molecule has 0 bridgehead atoms. The molecule has 9 nitrogen and oxygen atoms in total. The molecule has 11 heteroatoms. The standard InChI is InChI=1S/C32H40ClN3O6S/c1-21(2)18-34-32(38)24(5)35(19-25-8-10-26(33)11-9-25)31(37)20-36(27-15-22(3)14-23(4)16-27)43(39,40)28-12-13-29(41-6)30(17-28)42-7/h8-17,21,24H,18-20H2,1-7H3,(H,34,38). The number of rotatable bonds is 13. The Morgan fingerprint density at radius 2 is 1.49 bits per heavy atom. The normalized spacial score (nSPS) is 12.0. The minimum atomic E-state index is -4.29. The molecule has 3 rings (SSSR count). The van der Waals surface area contributed by atoms with Gasteiger partial charge in [0.15, 0.2) is 11.5 Å². The molecule has 1 atom stereocenters. The molecule has 0 radical (unpaired) electrons. The number of ether oxygens (including phenoxy) is 2. The van der Waals surface area contributed by atoms with Crippen molar-refractivity contribution >= 4 is 39.1 Å². The van der Waals surface area contributed by atoms with Gasteiger partial charge in [-0.15, -0.1) is 0 Å². The molecule has 0 aromatic heterocycles. The van der Waals surface area contributed by atoms with E-state index in [4.69, 9.17) is 21.1 Å². The molecule has 0 aliphatic carbocycles. The minimum Gasteiger partial charge on any atom is -0.493 e. The van der Waals surface area contributed by atoms with E-state index in [1.54, 1.807) is 43.3 Å². The third-order valence-electron chi connectivity index (χ3n) is 6.83. The van der Waals surface area contributed by atoms with E-state index in [2.05, 4.69) is 5.32 Å². The molecular weight excluding hydrogens is 590 g/mol. The summed E-state index contributed by atoms with van der Waals surface area (Å²) < 4.78 is 40.2. The zero-order valence-electron chi connectivity index (χ0n) is 25.7. The Kier molecular flexibility index (Phi) is 11.5. The summed E-state index contributed by atoms with van der Waals surface area (Å²) in [4.78, 5) is 28.6. The van der Waals surface area contributed by atoms with Gasteiger partial charge in [-0.25, -0.2) is 8.42 Å². The van der Waals surface area contributed by atoms with Gasteiger partial charge in [-0.3, -0.25) is 13.9 Å². The van der Waals surface area contributed by atoms with Gasteiger partial charge < -0.3 is 19.7 Å². The van der Waals surface area contributed by atoms with Crippen LogP contribution in [-0.2, 0) is 26.2 Å². The first-order valence-corrected chi connectivity index (χ1v) is 15.7. The summed E-state index contributed by atoms with van der Waals surface area (Å²) in [5.74, 6) is -0.0775. The summed E-state index contributed by atoms with van der Waals surface area (Å²) in [5, 5.41) is 3.41. The molecular formula is C32H40ClN3O6S. The third-order valence-corrected chi connectivity index (χ3v) is 8.86. The lowest BCUT2D eigenvalue weighted by Crippen LogP contribution is -2.51. The van der Waals surface area contributed by atoms with Gasteiger partial charge in [0.25, 0.3) is 10.0 Å². The Morgan fingerprint density at radius 1 is 0.884 bits per heavy atom. The molecule has 0 saturated carbocycles. The van der Waals surface area contributed by atoms with Gasteiger partial charge in [0.2, 0.25) is 11.8 Å². The minimum absolute atomic E-state index is 0.0728. The van der Waals surface area contributed by atoms with Crippen molar-refractivity contribution in [2.75, 3.05) is 31.6 Å². The van der Waals surface area contributed by atoms with Crippen LogP contribution in [0.2, 0.25) is 5.02 Å². The van der Waals surface area contributed by atoms with Crippen LogP contribution in [0.25, 0.3) is 0 Å². The molecule has 1 N–H and O–H groups in total. The fraction of sp³-hybridized carbons (Fsp3) is 0.375. The van der Waals surface area contributed by atoms with Crippen LogP contribution in [-0.4, -0.2) is 58.5 Å². The van der Waals surface area contributed by atoms with Crippen molar-refractivity contribution in [2.45, 2.75) is 52.1 Å². The van der Waals surface area contributed by atoms with Crippen molar-refractivity contribution in [2.24, 2.45) is 5.92 Å². The molecule has 0 fully saturated rings. The Hall–Kier alpha value is -3.76. The first-order valence-electron chi connectivity index (χ1n) is 13.9. The van der Waals surface area contributed by atoms with Crippen molar-refractivity contribution in [1.82, 2.24) is 10.2 Å². The van der Waals surface area contributed by atoms with E-state index in [0.29, 0.717) is 23.0 Å². The van der Waals surface area contributed by atoms with Gasteiger partial charge in [0.05, 0.1) is 24.8 Å². The highest BCUT2D eigenvalue weighted by Gasteiger charge is 2.33. The molecule has 43 heavy (non-hydrogen) atoms. The molecule has 232 valence electrons. The largest absolute Gasteiger partial charge is 0.493 e. The summed E-state index contributed by atoms with van der Waals surface area (Å²) >= 11 is 6.07. The molecule has 0 spiro atoms. The number of carbonyl (C=O) groups excluding carboxylic acids is 2. The van der Waals surface area contributed by atoms with Crippen LogP contribution in [0.1, 0.15) is 37.5 Å². The number of methoxy groups -OCH3 is 2. The van der Waals surface area contributed by atoms with E-state index in [0.717, 1.165) is 21.0 Å². The van der Waals surface area contributed by atoms with Crippen LogP contribution in [0.5, 0.6) is 11.5 Å². The summed E-state index contributed by atoms with van der Waals surface area (Å²) in [6, 6.07) is 15.7. The lowest BCUT2D eigenvalue weighted by Gasteiger charge is -2.32. The van der Waals surface area contributed by atoms with Gasteiger partial charge in [-0.2, -0.15) is 0 Å². The summed E-state index contributed by atoms with van der Waals surface area (Å²) in [6.07, 6.45) is 0. The zero-order valence-corrected chi connectivity index (χ0v) is 27.3. The van der Waals surface area contributed by atoms with Crippen LogP contribution < -0.4 is 19.1 Å². The van der Waals surface area contributed by atoms with Crippen molar-refractivity contribution in [3.8, 4) is 11.5 Å². The van der Waals surface area contributed by atoms with Gasteiger partial charge in [-0.1, -0.05) is 43.6 Å². The Labute approximate surface area is 259 Å². The summed E-state index contributed by atoms with van der Waals surface area (Å²) in [5.41, 5.74) is 2.72. The predicted octanol–water partition coefficient (Wildman–Crippen LogP) is 5.36. The highest BCUT2D eigenvalue weighted by Crippen LogP contribution is 2.33. The summed E-state index contributed by atoms with van der Waals surface area (Å²) in [6.45, 7) is 9.26. The Bertz CT molecular complexity index is 1520. The number of nitrogens with zero attached hydrogens (tertiary/aromatic N) is 2. The number of anilines is 1. The van der Waals surface area contributed by atoms with Gasteiger partial charge in [-0.05, 0) is 79.8 Å². The van der Waals surface area contributed by atoms with E-state index in [9.17, 15) is 18.0 Å². The van der Waals surface area contributed by atoms with E-state index < -0.39 is 28.5 Å². The molecule has 0 aliphatic rings. The maximum atomic E-state index is 14.2. The number of aryl methyl sites for hydroxylation is 2. The Balaban J connectivity index is 2.09. The van der Waals surface area contributed by atoms with E-state index in [1.807, 2.05) is 33.8 Å². The van der Waals surface area contributed by atoms with Crippen molar-refractivity contribution < 1.29 is 27.5 Å². The van der Waals surface area contributed by atoms with Gasteiger partial charge in [0, 0.05) is 24.2 Å². The number of carbonyl (C=O) groups is 2. The predicted molar refractivity (Wildman–Crippen MR) is 169 cm³/mol. The molecule has 0 saturated heterocycles. The number of amides is 2. The fourth-order valence-corrected chi connectivity index (χ4v) is 6.09. The van der Waals surface area contributed by atoms with Gasteiger partial charge in [0.1, 0.15) is 12.6 Å². The quantitative estimate of drug-likeness (QED) is 0.273. The molecule has 0 heterocycles. The lowest BCUT2D eigenvalue weighted by molar-refractivity contribution is -0.139. The monoisotopic (exact) mass is 629 g/mol. The molecule has 3 aromatic carbocycles. The van der Waals surface area contributed by atoms with Crippen molar-refractivity contribution in [3.63, 3.8) is 0 Å². The first kappa shape index (κ1) is 33.7. The highest BCUT2D eigenvalue weighted by atomic mass is 35.5. The highest BCUT2D eigenvalue weighted by molar-refractivity contribution is 7.92. The van der Waals surface area contributed by atoms with Crippen LogP contribution >= 0.6 is 11.6 Å². The second-order valence-corrected chi connectivity index (χ2v) is 13.1. The third kappa shape index (κ3) is 8.64. The number of halogens is 1. The van der Waals surface area contributed by atoms with Crippen LogP contribution in [0.4, 0.5) is 5.69 Å². The SMILES string of the molecule is COc1ccc(S(=O)(=O)N(CC(=O)N(Cc2ccc(Cl)cc2)C(C)C(=O)NCC(C)C)c2cc(C)cc(C)c2)cc1OC. The smallest absolute Gasteiger partial charge is 0.264 e. The zero-order chi connectivity index (χ0) is 31.9. The summed E-state index contributed by atoms with van der Waals surface area (Å²) in [7, 11) is -1.41. The van der Waals surface area contributed by atoms with Crippen molar-refractivity contribution in [1.29, 1.82) is 0 Å². The van der Waals surface area contributed by atoms with Crippen LogP contribution in [0.3, 0.4) is 0 Å². The second kappa shape index (κ2) is 14.6. The maximum absolute atomic E-state index is 14.2. The number of benzene rings is 3. The maximum Gasteiger partial charge on any atom is 0.264 e. The van der Waals surface area contributed by atoms with E-state index in [-0.39, 0.29) is 29.0 Å². The molecule has 1 unspecified atom stereocenters.